The molecule has 0 bridgehead atoms. The number of aliphatic hydroxyl groups is 3. The predicted octanol–water partition coefficient (Wildman–Crippen LogP) is 2.57. The zero-order valence-electron chi connectivity index (χ0n) is 22.0. The summed E-state index contributed by atoms with van der Waals surface area (Å²) in [5.74, 6) is -5.39. The van der Waals surface area contributed by atoms with Gasteiger partial charge < -0.3 is 30.6 Å². The number of phenolic OH excluding ortho intramolecular Hbond substituents is 1. The monoisotopic (exact) mass is 536 g/mol. The van der Waals surface area contributed by atoms with Crippen LogP contribution in [0.1, 0.15) is 43.1 Å². The van der Waals surface area contributed by atoms with E-state index in [4.69, 9.17) is 10.2 Å². The zero-order chi connectivity index (χ0) is 28.4. The van der Waals surface area contributed by atoms with E-state index in [-0.39, 0.29) is 29.7 Å². The Balaban J connectivity index is 1.68. The fourth-order valence-corrected chi connectivity index (χ4v) is 6.48. The van der Waals surface area contributed by atoms with E-state index in [1.165, 1.54) is 11.0 Å². The summed E-state index contributed by atoms with van der Waals surface area (Å²) in [5.41, 5.74) is 2.93. The van der Waals surface area contributed by atoms with Gasteiger partial charge >= 0.3 is 0 Å². The summed E-state index contributed by atoms with van der Waals surface area (Å²) in [6.45, 7) is 2.09. The Kier molecular flexibility index (Phi) is 6.43. The van der Waals surface area contributed by atoms with Crippen molar-refractivity contribution in [1.82, 2.24) is 4.90 Å². The summed E-state index contributed by atoms with van der Waals surface area (Å²) in [5, 5.41) is 44.7. The van der Waals surface area contributed by atoms with Crippen molar-refractivity contribution < 1.29 is 39.2 Å². The highest BCUT2D eigenvalue weighted by Gasteiger charge is 2.64. The van der Waals surface area contributed by atoms with E-state index < -0.39 is 58.0 Å². The number of ketones is 2. The minimum atomic E-state index is -2.66. The number of carbonyl (C=O) groups is 3. The molecule has 1 amide bonds. The maximum absolute atomic E-state index is 13.9. The number of furan rings is 1. The molecule has 0 aliphatic heterocycles. The SMILES string of the molecule is CCCCc1ccc(-c2ccc(O)c3c2C[C@@H]2C[C@@H]4C(N(C)C)C(=O)C(C(N)=O)=C(O)[C@]4(O)C(=O)C2=C3O)o1. The number of Topliss-reactive ketones (excluding diaryl/α,β-unsaturated/α-hetero) is 2. The zero-order valence-corrected chi connectivity index (χ0v) is 22.0. The van der Waals surface area contributed by atoms with Crippen LogP contribution < -0.4 is 5.73 Å². The number of aromatic hydroxyl groups is 1. The molecular weight excluding hydrogens is 504 g/mol. The van der Waals surface area contributed by atoms with E-state index in [9.17, 15) is 34.8 Å². The van der Waals surface area contributed by atoms with E-state index in [1.54, 1.807) is 20.2 Å². The summed E-state index contributed by atoms with van der Waals surface area (Å²) in [6.07, 6.45) is 2.97. The quantitative estimate of drug-likeness (QED) is 0.348. The number of nitrogens with two attached hydrogens (primary N) is 1. The largest absolute Gasteiger partial charge is 0.508 e. The number of phenols is 1. The second kappa shape index (κ2) is 9.39. The standard InChI is InChI=1S/C29H32N2O8/c1-4-5-6-14-7-10-19(39-14)15-8-9-18(32)21-16(15)11-13-12-17-23(31(2)3)25(34)22(28(30)37)27(36)29(17,38)26(35)20(13)24(21)33/h7-10,13,17,23,32-33,36,38H,4-6,11-12H2,1-3H3,(H2,30,37)/t13-,17-,23?,29-/m1/s1. The highest BCUT2D eigenvalue weighted by atomic mass is 16.4. The molecule has 4 atom stereocenters. The van der Waals surface area contributed by atoms with Crippen molar-refractivity contribution in [3.05, 3.63) is 58.1 Å². The van der Waals surface area contributed by atoms with Gasteiger partial charge in [-0.3, -0.25) is 19.3 Å². The molecule has 1 aromatic heterocycles. The molecule has 6 N–H and O–H groups in total. The Morgan fingerprint density at radius 3 is 2.51 bits per heavy atom. The highest BCUT2D eigenvalue weighted by Crippen LogP contribution is 2.53. The number of unbranched alkanes of at least 4 members (excludes halogenated alkanes) is 1. The number of likely N-dealkylation sites (N-methyl/N-ethyl adjacent to an activating group) is 1. The van der Waals surface area contributed by atoms with E-state index in [1.807, 2.05) is 12.1 Å². The van der Waals surface area contributed by atoms with E-state index in [0.717, 1.165) is 25.0 Å². The van der Waals surface area contributed by atoms with Crippen molar-refractivity contribution in [2.45, 2.75) is 50.7 Å². The molecule has 10 nitrogen and oxygen atoms in total. The number of benzene rings is 1. The first-order valence-corrected chi connectivity index (χ1v) is 13.0. The lowest BCUT2D eigenvalue weighted by molar-refractivity contribution is -0.153. The molecule has 39 heavy (non-hydrogen) atoms. The van der Waals surface area contributed by atoms with Gasteiger partial charge in [-0.15, -0.1) is 0 Å². The third-order valence-electron chi connectivity index (χ3n) is 8.31. The number of hydrogen-bond donors (Lipinski definition) is 5. The van der Waals surface area contributed by atoms with Crippen LogP contribution in [0.25, 0.3) is 17.1 Å². The van der Waals surface area contributed by atoms with Gasteiger partial charge in [0, 0.05) is 23.5 Å². The molecule has 3 aliphatic rings. The number of aliphatic hydroxyl groups excluding tert-OH is 2. The Hall–Kier alpha value is -3.89. The van der Waals surface area contributed by atoms with Gasteiger partial charge in [0.1, 0.15) is 34.4 Å². The molecule has 5 rings (SSSR count). The predicted molar refractivity (Wildman–Crippen MR) is 141 cm³/mol. The smallest absolute Gasteiger partial charge is 0.255 e. The minimum absolute atomic E-state index is 0.0285. The van der Waals surface area contributed by atoms with Gasteiger partial charge in [0.25, 0.3) is 5.91 Å². The van der Waals surface area contributed by atoms with Crippen LogP contribution in [-0.2, 0) is 27.2 Å². The van der Waals surface area contributed by atoms with Gasteiger partial charge in [-0.2, -0.15) is 0 Å². The van der Waals surface area contributed by atoms with Crippen molar-refractivity contribution in [3.63, 3.8) is 0 Å². The third-order valence-corrected chi connectivity index (χ3v) is 8.31. The molecule has 0 saturated heterocycles. The number of nitrogens with zero attached hydrogens (tertiary/aromatic N) is 1. The lowest BCUT2D eigenvalue weighted by Crippen LogP contribution is -2.65. The maximum Gasteiger partial charge on any atom is 0.255 e. The second-order valence-electron chi connectivity index (χ2n) is 10.8. The fourth-order valence-electron chi connectivity index (χ4n) is 6.48. The lowest BCUT2D eigenvalue weighted by atomic mass is 9.57. The molecule has 2 aromatic rings. The average Bonchev–Trinajstić information content (AvgIpc) is 3.33. The first-order chi connectivity index (χ1) is 18.4. The van der Waals surface area contributed by atoms with Gasteiger partial charge in [-0.05, 0) is 69.1 Å². The van der Waals surface area contributed by atoms with Crippen molar-refractivity contribution >= 4 is 23.2 Å². The van der Waals surface area contributed by atoms with Crippen LogP contribution in [0.3, 0.4) is 0 Å². The Labute approximate surface area is 225 Å². The topological polar surface area (TPSA) is 175 Å². The number of carbonyl (C=O) groups excluding carboxylic acids is 3. The van der Waals surface area contributed by atoms with Crippen LogP contribution in [0.15, 0.2) is 45.6 Å². The minimum Gasteiger partial charge on any atom is -0.508 e. The number of primary amides is 1. The molecule has 1 saturated carbocycles. The van der Waals surface area contributed by atoms with Crippen molar-refractivity contribution in [2.75, 3.05) is 14.1 Å². The Bertz CT molecular complexity index is 1470. The van der Waals surface area contributed by atoms with Gasteiger partial charge in [0.05, 0.1) is 11.6 Å². The van der Waals surface area contributed by atoms with Crippen molar-refractivity contribution in [2.24, 2.45) is 17.6 Å². The number of hydrogen-bond acceptors (Lipinski definition) is 9. The molecule has 206 valence electrons. The van der Waals surface area contributed by atoms with Crippen LogP contribution in [-0.4, -0.2) is 68.5 Å². The normalized spacial score (nSPS) is 26.5. The molecule has 1 heterocycles. The van der Waals surface area contributed by atoms with Crippen LogP contribution in [0.5, 0.6) is 5.75 Å². The molecular formula is C29H32N2O8. The molecule has 1 aromatic carbocycles. The van der Waals surface area contributed by atoms with Gasteiger partial charge in [0.15, 0.2) is 11.4 Å². The lowest BCUT2D eigenvalue weighted by Gasteiger charge is -2.50. The van der Waals surface area contributed by atoms with Crippen molar-refractivity contribution in [1.29, 1.82) is 0 Å². The Morgan fingerprint density at radius 1 is 1.15 bits per heavy atom. The maximum atomic E-state index is 13.9. The second-order valence-corrected chi connectivity index (χ2v) is 10.8. The molecule has 1 unspecified atom stereocenters. The average molecular weight is 537 g/mol. The van der Waals surface area contributed by atoms with Crippen LogP contribution >= 0.6 is 0 Å². The fraction of sp³-hybridized carbons (Fsp3) is 0.414. The summed E-state index contributed by atoms with van der Waals surface area (Å²) >= 11 is 0. The molecule has 10 heteroatoms. The van der Waals surface area contributed by atoms with Gasteiger partial charge in [-0.1, -0.05) is 13.3 Å². The van der Waals surface area contributed by atoms with E-state index in [2.05, 4.69) is 6.92 Å². The highest BCUT2D eigenvalue weighted by molar-refractivity contribution is 6.24. The van der Waals surface area contributed by atoms with Crippen LogP contribution in [0.2, 0.25) is 0 Å². The number of fused-ring (bicyclic) bond motifs is 3. The van der Waals surface area contributed by atoms with E-state index >= 15 is 0 Å². The molecule has 1 fully saturated rings. The van der Waals surface area contributed by atoms with E-state index in [0.29, 0.717) is 16.9 Å². The van der Waals surface area contributed by atoms with Crippen LogP contribution in [0, 0.1) is 11.8 Å². The number of amides is 1. The summed E-state index contributed by atoms with van der Waals surface area (Å²) in [7, 11) is 3.13. The van der Waals surface area contributed by atoms with Gasteiger partial charge in [-0.25, -0.2) is 0 Å². The van der Waals surface area contributed by atoms with Crippen molar-refractivity contribution in [3.8, 4) is 17.1 Å². The first-order valence-electron chi connectivity index (χ1n) is 13.0. The molecule has 0 spiro atoms. The first kappa shape index (κ1) is 26.7. The number of rotatable bonds is 6. The number of aryl methyl sites for hydroxylation is 1. The van der Waals surface area contributed by atoms with Crippen LogP contribution in [0.4, 0.5) is 0 Å². The third kappa shape index (κ3) is 3.81. The summed E-state index contributed by atoms with van der Waals surface area (Å²) in [4.78, 5) is 40.7. The molecule has 3 aliphatic carbocycles. The van der Waals surface area contributed by atoms with Gasteiger partial charge in [0.2, 0.25) is 5.78 Å². The summed E-state index contributed by atoms with van der Waals surface area (Å²) < 4.78 is 6.06. The Morgan fingerprint density at radius 2 is 1.87 bits per heavy atom. The molecule has 0 radical (unpaired) electrons. The summed E-state index contributed by atoms with van der Waals surface area (Å²) in [6, 6.07) is 5.68.